The van der Waals surface area contributed by atoms with Crippen LogP contribution in [-0.2, 0) is 15.7 Å². The molecule has 1 aromatic heterocycles. The third kappa shape index (κ3) is 3.34. The molecule has 0 saturated heterocycles. The fraction of sp³-hybridized carbons (Fsp3) is 0.571. The van der Waals surface area contributed by atoms with Gasteiger partial charge in [0.2, 0.25) is 5.01 Å². The van der Waals surface area contributed by atoms with E-state index in [4.69, 9.17) is 0 Å². The Balaban J connectivity index is 2.69. The lowest BCUT2D eigenvalue weighted by molar-refractivity contribution is -0.140. The van der Waals surface area contributed by atoms with E-state index in [0.717, 1.165) is 11.8 Å². The van der Waals surface area contributed by atoms with Crippen molar-refractivity contribution in [2.75, 3.05) is 7.11 Å². The first kappa shape index (κ1) is 13.2. The molecule has 0 bridgehead atoms. The van der Waals surface area contributed by atoms with Crippen molar-refractivity contribution in [3.05, 3.63) is 5.01 Å². The van der Waals surface area contributed by atoms with E-state index in [2.05, 4.69) is 14.9 Å². The number of hydrogen-bond acceptors (Lipinski definition) is 6. The monoisotopic (exact) mass is 272 g/mol. The van der Waals surface area contributed by atoms with Gasteiger partial charge in [-0.2, -0.15) is 13.2 Å². The summed E-state index contributed by atoms with van der Waals surface area (Å²) < 4.78 is 41.0. The Labute approximate surface area is 97.2 Å². The number of thioether (sulfide) groups is 1. The van der Waals surface area contributed by atoms with Gasteiger partial charge in [0, 0.05) is 0 Å². The number of rotatable bonds is 3. The van der Waals surface area contributed by atoms with Crippen LogP contribution in [-0.4, -0.2) is 28.5 Å². The van der Waals surface area contributed by atoms with Crippen molar-refractivity contribution in [3.63, 3.8) is 0 Å². The zero-order valence-corrected chi connectivity index (χ0v) is 9.87. The van der Waals surface area contributed by atoms with Crippen LogP contribution in [0.3, 0.4) is 0 Å². The van der Waals surface area contributed by atoms with Crippen LogP contribution in [0.2, 0.25) is 0 Å². The van der Waals surface area contributed by atoms with Crippen LogP contribution >= 0.6 is 23.1 Å². The molecule has 0 N–H and O–H groups in total. The lowest BCUT2D eigenvalue weighted by Crippen LogP contribution is -2.14. The van der Waals surface area contributed by atoms with E-state index in [9.17, 15) is 18.0 Å². The van der Waals surface area contributed by atoms with E-state index in [0.29, 0.717) is 11.3 Å². The maximum absolute atomic E-state index is 12.2. The number of hydrogen-bond donors (Lipinski definition) is 0. The predicted molar refractivity (Wildman–Crippen MR) is 52.2 cm³/mol. The highest BCUT2D eigenvalue weighted by atomic mass is 32.2. The molecule has 0 aliphatic rings. The van der Waals surface area contributed by atoms with Gasteiger partial charge < -0.3 is 4.74 Å². The molecule has 1 unspecified atom stereocenters. The molecule has 1 atom stereocenters. The SMILES string of the molecule is COC(=O)C(C)Sc1nnc(C(F)(F)F)s1. The minimum Gasteiger partial charge on any atom is -0.468 e. The quantitative estimate of drug-likeness (QED) is 0.623. The Hall–Kier alpha value is -0.830. The topological polar surface area (TPSA) is 52.1 Å². The Morgan fingerprint density at radius 2 is 2.12 bits per heavy atom. The Bertz CT molecular complexity index is 380. The number of halogens is 3. The highest BCUT2D eigenvalue weighted by Gasteiger charge is 2.36. The van der Waals surface area contributed by atoms with Crippen LogP contribution < -0.4 is 0 Å². The number of carbonyl (C=O) groups excluding carboxylic acids is 1. The van der Waals surface area contributed by atoms with Crippen molar-refractivity contribution in [2.24, 2.45) is 0 Å². The molecule has 0 spiro atoms. The van der Waals surface area contributed by atoms with Crippen molar-refractivity contribution >= 4 is 29.1 Å². The molecule has 1 heterocycles. The fourth-order valence-electron chi connectivity index (χ4n) is 0.737. The number of methoxy groups -OCH3 is 1. The summed E-state index contributed by atoms with van der Waals surface area (Å²) in [6.07, 6.45) is -4.50. The van der Waals surface area contributed by atoms with Gasteiger partial charge in [-0.1, -0.05) is 23.1 Å². The highest BCUT2D eigenvalue weighted by Crippen LogP contribution is 2.35. The minimum absolute atomic E-state index is 0.0882. The van der Waals surface area contributed by atoms with Crippen LogP contribution in [0.25, 0.3) is 0 Å². The highest BCUT2D eigenvalue weighted by molar-refractivity contribution is 8.02. The number of carbonyl (C=O) groups is 1. The summed E-state index contributed by atoms with van der Waals surface area (Å²) in [5, 5.41) is 4.71. The predicted octanol–water partition coefficient (Wildman–Crippen LogP) is 2.21. The molecule has 1 aromatic rings. The van der Waals surface area contributed by atoms with Crippen molar-refractivity contribution in [1.82, 2.24) is 10.2 Å². The number of ether oxygens (including phenoxy) is 1. The lowest BCUT2D eigenvalue weighted by Gasteiger charge is -2.04. The maximum Gasteiger partial charge on any atom is 0.445 e. The largest absolute Gasteiger partial charge is 0.468 e. The van der Waals surface area contributed by atoms with Gasteiger partial charge in [-0.05, 0) is 6.92 Å². The van der Waals surface area contributed by atoms with Crippen LogP contribution in [0.1, 0.15) is 11.9 Å². The zero-order valence-electron chi connectivity index (χ0n) is 8.24. The van der Waals surface area contributed by atoms with Crippen LogP contribution in [0.15, 0.2) is 4.34 Å². The summed E-state index contributed by atoms with van der Waals surface area (Å²) >= 11 is 1.29. The second-order valence-electron chi connectivity index (χ2n) is 2.65. The summed E-state index contributed by atoms with van der Waals surface area (Å²) in [6.45, 7) is 1.52. The van der Waals surface area contributed by atoms with Gasteiger partial charge in [0.25, 0.3) is 0 Å². The Kier molecular flexibility index (Phi) is 4.14. The fourth-order valence-corrected chi connectivity index (χ4v) is 2.63. The molecule has 0 saturated carbocycles. The second kappa shape index (κ2) is 5.00. The number of nitrogens with zero attached hydrogens (tertiary/aromatic N) is 2. The smallest absolute Gasteiger partial charge is 0.445 e. The van der Waals surface area contributed by atoms with Gasteiger partial charge in [0.15, 0.2) is 4.34 Å². The first-order chi connectivity index (χ1) is 7.34. The second-order valence-corrected chi connectivity index (χ2v) is 5.22. The molecule has 0 aliphatic heterocycles. The van der Waals surface area contributed by atoms with Gasteiger partial charge in [-0.3, -0.25) is 4.79 Å². The summed E-state index contributed by atoms with van der Waals surface area (Å²) in [5.74, 6) is -0.520. The number of esters is 1. The molecule has 0 fully saturated rings. The van der Waals surface area contributed by atoms with Gasteiger partial charge >= 0.3 is 12.1 Å². The van der Waals surface area contributed by atoms with E-state index < -0.39 is 22.4 Å². The van der Waals surface area contributed by atoms with Crippen molar-refractivity contribution in [3.8, 4) is 0 Å². The van der Waals surface area contributed by atoms with Gasteiger partial charge in [-0.15, -0.1) is 10.2 Å². The molecular formula is C7H7F3N2O2S2. The maximum atomic E-state index is 12.2. The van der Waals surface area contributed by atoms with Crippen molar-refractivity contribution in [1.29, 1.82) is 0 Å². The van der Waals surface area contributed by atoms with Crippen LogP contribution in [0.5, 0.6) is 0 Å². The summed E-state index contributed by atoms with van der Waals surface area (Å²) in [4.78, 5) is 11.0. The summed E-state index contributed by atoms with van der Waals surface area (Å²) in [5.41, 5.74) is 0. The number of alkyl halides is 3. The standard InChI is InChI=1S/C7H7F3N2O2S2/c1-3(4(13)14-2)15-6-12-11-5(16-6)7(8,9)10/h3H,1-2H3. The Morgan fingerprint density at radius 1 is 1.50 bits per heavy atom. The zero-order chi connectivity index (χ0) is 12.3. The average molecular weight is 272 g/mol. The van der Waals surface area contributed by atoms with E-state index >= 15 is 0 Å². The molecule has 4 nitrogen and oxygen atoms in total. The van der Waals surface area contributed by atoms with E-state index in [1.165, 1.54) is 14.0 Å². The summed E-state index contributed by atoms with van der Waals surface area (Å²) in [7, 11) is 1.21. The van der Waals surface area contributed by atoms with Gasteiger partial charge in [0.1, 0.15) is 5.25 Å². The molecule has 0 radical (unpaired) electrons. The molecule has 1 rings (SSSR count). The minimum atomic E-state index is -4.50. The van der Waals surface area contributed by atoms with E-state index in [1.807, 2.05) is 0 Å². The molecule has 16 heavy (non-hydrogen) atoms. The Morgan fingerprint density at radius 3 is 2.56 bits per heavy atom. The molecule has 90 valence electrons. The van der Waals surface area contributed by atoms with Crippen LogP contribution in [0.4, 0.5) is 13.2 Å². The third-order valence-electron chi connectivity index (χ3n) is 1.46. The first-order valence-electron chi connectivity index (χ1n) is 3.99. The van der Waals surface area contributed by atoms with Crippen molar-refractivity contribution < 1.29 is 22.7 Å². The van der Waals surface area contributed by atoms with Crippen LogP contribution in [0, 0.1) is 0 Å². The van der Waals surface area contributed by atoms with Gasteiger partial charge in [-0.25, -0.2) is 0 Å². The molecule has 0 aliphatic carbocycles. The van der Waals surface area contributed by atoms with Crippen molar-refractivity contribution in [2.45, 2.75) is 22.7 Å². The molecule has 9 heteroatoms. The molecule has 0 amide bonds. The lowest BCUT2D eigenvalue weighted by atomic mass is 10.5. The number of aromatic nitrogens is 2. The summed E-state index contributed by atoms with van der Waals surface area (Å²) in [6, 6.07) is 0. The third-order valence-corrected chi connectivity index (χ3v) is 3.59. The van der Waals surface area contributed by atoms with E-state index in [-0.39, 0.29) is 4.34 Å². The molecule has 0 aromatic carbocycles. The average Bonchev–Trinajstić information content (AvgIpc) is 2.64. The van der Waals surface area contributed by atoms with Gasteiger partial charge in [0.05, 0.1) is 7.11 Å². The first-order valence-corrected chi connectivity index (χ1v) is 5.69. The van der Waals surface area contributed by atoms with E-state index in [1.54, 1.807) is 0 Å². The normalized spacial score (nSPS) is 13.6. The molecular weight excluding hydrogens is 265 g/mol.